The molecule has 0 aromatic heterocycles. The average Bonchev–Trinajstić information content (AvgIpc) is 2.59. The number of halogens is 1. The molecule has 3 rings (SSSR count). The molecule has 1 aliphatic rings. The van der Waals surface area contributed by atoms with Crippen LogP contribution in [0.3, 0.4) is 0 Å². The van der Waals surface area contributed by atoms with Gasteiger partial charge < -0.3 is 5.73 Å². The first kappa shape index (κ1) is 16.7. The number of carbonyl (C=O) groups excluding carboxylic acids is 1. The molecule has 0 aliphatic carbocycles. The summed E-state index contributed by atoms with van der Waals surface area (Å²) < 4.78 is 0. The van der Waals surface area contributed by atoms with Gasteiger partial charge in [0.15, 0.2) is 0 Å². The summed E-state index contributed by atoms with van der Waals surface area (Å²) in [6.45, 7) is 2.07. The number of amides is 1. The number of likely N-dealkylation sites (tertiary alicyclic amines) is 1. The molecule has 1 heterocycles. The fraction of sp³-hybridized carbons (Fsp3) is 0.250. The molecular formula is C20H21ClN2O. The molecule has 24 heavy (non-hydrogen) atoms. The van der Waals surface area contributed by atoms with Gasteiger partial charge in [0.2, 0.25) is 5.91 Å². The Hall–Kier alpha value is -2.10. The highest BCUT2D eigenvalue weighted by molar-refractivity contribution is 6.30. The summed E-state index contributed by atoms with van der Waals surface area (Å²) in [5, 5.41) is 0.743. The first-order chi connectivity index (χ1) is 11.6. The standard InChI is InChI=1S/C20H21ClN2O/c21-18-8-6-16(7-9-18)20(15-4-2-1-3-5-15)17-10-12-23(13-11-17)14-19(22)24/h1-9H,10-14H2,(H2,22,24). The highest BCUT2D eigenvalue weighted by Gasteiger charge is 2.19. The van der Waals surface area contributed by atoms with Crippen molar-refractivity contribution in [3.63, 3.8) is 0 Å². The molecule has 0 radical (unpaired) electrons. The number of nitrogens with two attached hydrogens (primary N) is 1. The summed E-state index contributed by atoms with van der Waals surface area (Å²) in [5.41, 5.74) is 10.4. The number of nitrogens with zero attached hydrogens (tertiary/aromatic N) is 1. The SMILES string of the molecule is NC(=O)CN1CCC(=C(c2ccccc2)c2ccc(Cl)cc2)CC1. The van der Waals surface area contributed by atoms with Gasteiger partial charge in [-0.2, -0.15) is 0 Å². The van der Waals surface area contributed by atoms with E-state index < -0.39 is 0 Å². The molecule has 0 saturated carbocycles. The summed E-state index contributed by atoms with van der Waals surface area (Å²) in [6.07, 6.45) is 1.89. The first-order valence-corrected chi connectivity index (χ1v) is 8.55. The summed E-state index contributed by atoms with van der Waals surface area (Å²) >= 11 is 6.05. The number of carbonyl (C=O) groups is 1. The van der Waals surface area contributed by atoms with Gasteiger partial charge in [0.25, 0.3) is 0 Å². The van der Waals surface area contributed by atoms with Crippen LogP contribution in [0.1, 0.15) is 24.0 Å². The van der Waals surface area contributed by atoms with Gasteiger partial charge in [0, 0.05) is 18.1 Å². The molecule has 0 spiro atoms. The van der Waals surface area contributed by atoms with Crippen LogP contribution in [0.2, 0.25) is 5.02 Å². The zero-order chi connectivity index (χ0) is 16.9. The third kappa shape index (κ3) is 4.05. The van der Waals surface area contributed by atoms with E-state index in [4.69, 9.17) is 17.3 Å². The van der Waals surface area contributed by atoms with Crippen molar-refractivity contribution in [3.8, 4) is 0 Å². The zero-order valence-corrected chi connectivity index (χ0v) is 14.3. The van der Waals surface area contributed by atoms with Crippen LogP contribution in [0.5, 0.6) is 0 Å². The molecule has 1 fully saturated rings. The molecule has 0 bridgehead atoms. The predicted octanol–water partition coefficient (Wildman–Crippen LogP) is 3.72. The van der Waals surface area contributed by atoms with E-state index >= 15 is 0 Å². The summed E-state index contributed by atoms with van der Waals surface area (Å²) in [6, 6.07) is 18.5. The molecule has 0 unspecified atom stereocenters. The normalized spacial score (nSPS) is 15.3. The maximum absolute atomic E-state index is 11.1. The summed E-state index contributed by atoms with van der Waals surface area (Å²) in [7, 11) is 0. The maximum Gasteiger partial charge on any atom is 0.231 e. The molecule has 2 aromatic carbocycles. The van der Waals surface area contributed by atoms with E-state index in [2.05, 4.69) is 41.3 Å². The Labute approximate surface area is 147 Å². The van der Waals surface area contributed by atoms with E-state index in [1.54, 1.807) is 0 Å². The predicted molar refractivity (Wildman–Crippen MR) is 98.8 cm³/mol. The second kappa shape index (κ2) is 7.65. The lowest BCUT2D eigenvalue weighted by molar-refractivity contribution is -0.119. The topological polar surface area (TPSA) is 46.3 Å². The number of hydrogen-bond acceptors (Lipinski definition) is 2. The molecule has 1 saturated heterocycles. The van der Waals surface area contributed by atoms with E-state index in [9.17, 15) is 4.79 Å². The van der Waals surface area contributed by atoms with Crippen molar-refractivity contribution < 1.29 is 4.79 Å². The van der Waals surface area contributed by atoms with Gasteiger partial charge in [0.1, 0.15) is 0 Å². The fourth-order valence-electron chi connectivity index (χ4n) is 3.25. The Kier molecular flexibility index (Phi) is 5.34. The van der Waals surface area contributed by atoms with E-state index in [0.717, 1.165) is 31.0 Å². The van der Waals surface area contributed by atoms with Crippen LogP contribution >= 0.6 is 11.6 Å². The molecule has 1 aliphatic heterocycles. The Balaban J connectivity index is 1.93. The number of rotatable bonds is 4. The van der Waals surface area contributed by atoms with E-state index in [1.807, 2.05) is 18.2 Å². The quantitative estimate of drug-likeness (QED) is 0.922. The Morgan fingerprint density at radius 2 is 1.54 bits per heavy atom. The van der Waals surface area contributed by atoms with Crippen molar-refractivity contribution in [2.75, 3.05) is 19.6 Å². The average molecular weight is 341 g/mol. The number of benzene rings is 2. The lowest BCUT2D eigenvalue weighted by Gasteiger charge is -2.29. The van der Waals surface area contributed by atoms with Crippen LogP contribution in [-0.2, 0) is 4.79 Å². The van der Waals surface area contributed by atoms with Crippen molar-refractivity contribution in [2.24, 2.45) is 5.73 Å². The van der Waals surface area contributed by atoms with Gasteiger partial charge in [-0.05, 0) is 41.7 Å². The fourth-order valence-corrected chi connectivity index (χ4v) is 3.37. The number of piperidine rings is 1. The largest absolute Gasteiger partial charge is 0.369 e. The lowest BCUT2D eigenvalue weighted by atomic mass is 9.88. The van der Waals surface area contributed by atoms with Crippen LogP contribution in [0.15, 0.2) is 60.2 Å². The highest BCUT2D eigenvalue weighted by Crippen LogP contribution is 2.32. The molecule has 4 heteroatoms. The minimum absolute atomic E-state index is 0.261. The minimum atomic E-state index is -0.261. The Morgan fingerprint density at radius 3 is 2.12 bits per heavy atom. The van der Waals surface area contributed by atoms with Crippen LogP contribution in [-0.4, -0.2) is 30.4 Å². The number of hydrogen-bond donors (Lipinski definition) is 1. The molecule has 2 N–H and O–H groups in total. The summed E-state index contributed by atoms with van der Waals surface area (Å²) in [5.74, 6) is -0.261. The second-order valence-electron chi connectivity index (χ2n) is 6.09. The molecule has 1 amide bonds. The maximum atomic E-state index is 11.1. The smallest absolute Gasteiger partial charge is 0.231 e. The van der Waals surface area contributed by atoms with E-state index in [0.29, 0.717) is 6.54 Å². The number of primary amides is 1. The minimum Gasteiger partial charge on any atom is -0.369 e. The van der Waals surface area contributed by atoms with Crippen molar-refractivity contribution in [3.05, 3.63) is 76.3 Å². The van der Waals surface area contributed by atoms with Gasteiger partial charge in [-0.25, -0.2) is 0 Å². The lowest BCUT2D eigenvalue weighted by Crippen LogP contribution is -2.38. The molecule has 0 atom stereocenters. The van der Waals surface area contributed by atoms with Crippen molar-refractivity contribution in [2.45, 2.75) is 12.8 Å². The van der Waals surface area contributed by atoms with Gasteiger partial charge in [-0.1, -0.05) is 59.6 Å². The van der Waals surface area contributed by atoms with Crippen LogP contribution < -0.4 is 5.73 Å². The molecule has 124 valence electrons. The van der Waals surface area contributed by atoms with E-state index in [1.165, 1.54) is 22.3 Å². The van der Waals surface area contributed by atoms with Gasteiger partial charge >= 0.3 is 0 Å². The second-order valence-corrected chi connectivity index (χ2v) is 6.53. The molecular weight excluding hydrogens is 320 g/mol. The van der Waals surface area contributed by atoms with Gasteiger partial charge in [-0.3, -0.25) is 9.69 Å². The molecule has 2 aromatic rings. The van der Waals surface area contributed by atoms with Gasteiger partial charge in [0.05, 0.1) is 6.54 Å². The monoisotopic (exact) mass is 340 g/mol. The molecule has 3 nitrogen and oxygen atoms in total. The Morgan fingerprint density at radius 1 is 0.958 bits per heavy atom. The van der Waals surface area contributed by atoms with Crippen molar-refractivity contribution in [1.82, 2.24) is 4.90 Å². The highest BCUT2D eigenvalue weighted by atomic mass is 35.5. The van der Waals surface area contributed by atoms with E-state index in [-0.39, 0.29) is 5.91 Å². The zero-order valence-electron chi connectivity index (χ0n) is 13.5. The summed E-state index contributed by atoms with van der Waals surface area (Å²) in [4.78, 5) is 13.2. The van der Waals surface area contributed by atoms with Gasteiger partial charge in [-0.15, -0.1) is 0 Å². The Bertz CT molecular complexity index is 728. The first-order valence-electron chi connectivity index (χ1n) is 8.17. The third-order valence-electron chi connectivity index (χ3n) is 4.39. The van der Waals surface area contributed by atoms with Crippen molar-refractivity contribution in [1.29, 1.82) is 0 Å². The van der Waals surface area contributed by atoms with Crippen molar-refractivity contribution >= 4 is 23.1 Å². The van der Waals surface area contributed by atoms with Crippen LogP contribution in [0, 0.1) is 0 Å². The van der Waals surface area contributed by atoms with Crippen LogP contribution in [0.25, 0.3) is 5.57 Å². The third-order valence-corrected chi connectivity index (χ3v) is 4.64. The van der Waals surface area contributed by atoms with Crippen LogP contribution in [0.4, 0.5) is 0 Å².